The molecule has 17 heavy (non-hydrogen) atoms. The molecule has 0 saturated heterocycles. The number of rotatable bonds is 3. The highest BCUT2D eigenvalue weighted by molar-refractivity contribution is 6.30. The van der Waals surface area contributed by atoms with Crippen LogP contribution in [-0.4, -0.2) is 4.98 Å². The van der Waals surface area contributed by atoms with Crippen molar-refractivity contribution in [3.63, 3.8) is 0 Å². The van der Waals surface area contributed by atoms with E-state index in [1.54, 1.807) is 24.5 Å². The molecule has 5 heteroatoms. The van der Waals surface area contributed by atoms with Crippen LogP contribution in [0.5, 0.6) is 11.5 Å². The van der Waals surface area contributed by atoms with Crippen LogP contribution in [-0.2, 0) is 6.54 Å². The van der Waals surface area contributed by atoms with Gasteiger partial charge >= 0.3 is 0 Å². The van der Waals surface area contributed by atoms with Crippen LogP contribution in [0.3, 0.4) is 0 Å². The van der Waals surface area contributed by atoms with E-state index >= 15 is 0 Å². The number of ether oxygens (including phenoxy) is 1. The first kappa shape index (κ1) is 11.8. The zero-order chi connectivity index (χ0) is 12.3. The Balaban J connectivity index is 2.28. The molecule has 2 rings (SSSR count). The van der Waals surface area contributed by atoms with Crippen LogP contribution in [0, 0.1) is 5.82 Å². The molecule has 88 valence electrons. The normalized spacial score (nSPS) is 10.3. The Labute approximate surface area is 103 Å². The van der Waals surface area contributed by atoms with Crippen molar-refractivity contribution in [2.45, 2.75) is 6.54 Å². The molecule has 0 unspecified atom stereocenters. The number of pyridine rings is 1. The molecule has 0 spiro atoms. The molecule has 0 aliphatic heterocycles. The smallest absolute Gasteiger partial charge is 0.145 e. The van der Waals surface area contributed by atoms with Crippen LogP contribution in [0.2, 0.25) is 5.02 Å². The van der Waals surface area contributed by atoms with Gasteiger partial charge in [-0.3, -0.25) is 4.98 Å². The van der Waals surface area contributed by atoms with Gasteiger partial charge in [-0.2, -0.15) is 0 Å². The monoisotopic (exact) mass is 252 g/mol. The second kappa shape index (κ2) is 5.12. The first-order chi connectivity index (χ1) is 8.20. The second-order valence-corrected chi connectivity index (χ2v) is 3.77. The van der Waals surface area contributed by atoms with E-state index in [4.69, 9.17) is 22.1 Å². The van der Waals surface area contributed by atoms with Crippen LogP contribution < -0.4 is 10.5 Å². The predicted octanol–water partition coefficient (Wildman–Crippen LogP) is 3.13. The first-order valence-corrected chi connectivity index (χ1v) is 5.34. The van der Waals surface area contributed by atoms with Crippen LogP contribution >= 0.6 is 11.6 Å². The van der Waals surface area contributed by atoms with Gasteiger partial charge in [0.25, 0.3) is 0 Å². The molecule has 1 aromatic heterocycles. The highest BCUT2D eigenvalue weighted by Gasteiger charge is 2.06. The summed E-state index contributed by atoms with van der Waals surface area (Å²) in [6, 6.07) is 5.93. The molecule has 0 saturated carbocycles. The molecule has 1 heterocycles. The summed E-state index contributed by atoms with van der Waals surface area (Å²) in [5.74, 6) is 0.407. The number of aromatic nitrogens is 1. The summed E-state index contributed by atoms with van der Waals surface area (Å²) >= 11 is 5.58. The largest absolute Gasteiger partial charge is 0.457 e. The third-order valence-electron chi connectivity index (χ3n) is 2.20. The van der Waals surface area contributed by atoms with Gasteiger partial charge in [0.2, 0.25) is 0 Å². The molecule has 3 nitrogen and oxygen atoms in total. The highest BCUT2D eigenvalue weighted by atomic mass is 35.5. The van der Waals surface area contributed by atoms with Crippen molar-refractivity contribution in [3.8, 4) is 11.5 Å². The predicted molar refractivity (Wildman–Crippen MR) is 63.6 cm³/mol. The van der Waals surface area contributed by atoms with E-state index in [-0.39, 0.29) is 5.02 Å². The molecule has 0 aliphatic rings. The average molecular weight is 253 g/mol. The summed E-state index contributed by atoms with van der Waals surface area (Å²) in [5, 5.41) is 0.0612. The lowest BCUT2D eigenvalue weighted by Crippen LogP contribution is -2.00. The van der Waals surface area contributed by atoms with E-state index in [0.717, 1.165) is 5.56 Å². The van der Waals surface area contributed by atoms with Crippen molar-refractivity contribution in [1.29, 1.82) is 0 Å². The van der Waals surface area contributed by atoms with Gasteiger partial charge in [-0.1, -0.05) is 11.6 Å². The lowest BCUT2D eigenvalue weighted by molar-refractivity contribution is 0.470. The van der Waals surface area contributed by atoms with Crippen molar-refractivity contribution in [3.05, 3.63) is 53.1 Å². The molecule has 0 aliphatic carbocycles. The van der Waals surface area contributed by atoms with Gasteiger partial charge in [0.1, 0.15) is 17.3 Å². The van der Waals surface area contributed by atoms with Gasteiger partial charge in [0, 0.05) is 30.6 Å². The van der Waals surface area contributed by atoms with E-state index < -0.39 is 5.82 Å². The maximum absolute atomic E-state index is 13.2. The molecule has 0 atom stereocenters. The quantitative estimate of drug-likeness (QED) is 0.913. The van der Waals surface area contributed by atoms with Gasteiger partial charge in [-0.25, -0.2) is 4.39 Å². The fourth-order valence-corrected chi connectivity index (χ4v) is 1.45. The molecule has 0 bridgehead atoms. The molecule has 0 amide bonds. The Morgan fingerprint density at radius 2 is 2.18 bits per heavy atom. The Morgan fingerprint density at radius 1 is 1.35 bits per heavy atom. The minimum atomic E-state index is -0.521. The Kier molecular flexibility index (Phi) is 3.56. The zero-order valence-electron chi connectivity index (χ0n) is 8.86. The lowest BCUT2D eigenvalue weighted by Gasteiger charge is -2.09. The van der Waals surface area contributed by atoms with Gasteiger partial charge in [0.05, 0.1) is 5.02 Å². The number of benzene rings is 1. The fourth-order valence-electron chi connectivity index (χ4n) is 1.33. The third-order valence-corrected chi connectivity index (χ3v) is 2.50. The highest BCUT2D eigenvalue weighted by Crippen LogP contribution is 2.27. The maximum Gasteiger partial charge on any atom is 0.145 e. The third kappa shape index (κ3) is 2.72. The van der Waals surface area contributed by atoms with E-state index in [1.165, 1.54) is 12.1 Å². The van der Waals surface area contributed by atoms with E-state index in [0.29, 0.717) is 18.0 Å². The van der Waals surface area contributed by atoms with Crippen molar-refractivity contribution in [1.82, 2.24) is 4.98 Å². The number of hydrogen-bond acceptors (Lipinski definition) is 3. The number of nitrogens with zero attached hydrogens (tertiary/aromatic N) is 1. The number of hydrogen-bond donors (Lipinski definition) is 1. The maximum atomic E-state index is 13.2. The number of halogens is 2. The second-order valence-electron chi connectivity index (χ2n) is 3.37. The van der Waals surface area contributed by atoms with Crippen molar-refractivity contribution in [2.24, 2.45) is 5.73 Å². The molecule has 0 fully saturated rings. The Morgan fingerprint density at radius 3 is 2.88 bits per heavy atom. The van der Waals surface area contributed by atoms with Crippen LogP contribution in [0.25, 0.3) is 0 Å². The fraction of sp³-hybridized carbons (Fsp3) is 0.0833. The summed E-state index contributed by atoms with van der Waals surface area (Å²) < 4.78 is 18.7. The van der Waals surface area contributed by atoms with Crippen molar-refractivity contribution >= 4 is 11.6 Å². The number of nitrogens with two attached hydrogens (primary N) is 1. The molecular weight excluding hydrogens is 243 g/mol. The van der Waals surface area contributed by atoms with Gasteiger partial charge in [-0.15, -0.1) is 0 Å². The Bertz CT molecular complexity index is 534. The topological polar surface area (TPSA) is 48.1 Å². The minimum absolute atomic E-state index is 0.0612. The summed E-state index contributed by atoms with van der Waals surface area (Å²) in [6.45, 7) is 0.305. The van der Waals surface area contributed by atoms with Crippen LogP contribution in [0.1, 0.15) is 5.56 Å². The summed E-state index contributed by atoms with van der Waals surface area (Å²) in [7, 11) is 0. The van der Waals surface area contributed by atoms with Crippen molar-refractivity contribution in [2.75, 3.05) is 0 Å². The summed E-state index contributed by atoms with van der Waals surface area (Å²) in [5.41, 5.74) is 6.30. The minimum Gasteiger partial charge on any atom is -0.457 e. The standard InChI is InChI=1S/C12H10ClFN2O/c13-10-2-1-9(5-11(10)14)17-12-3-4-16-7-8(12)6-15/h1-5,7H,6,15H2. The van der Waals surface area contributed by atoms with Crippen LogP contribution in [0.4, 0.5) is 4.39 Å². The molecular formula is C12H10ClFN2O. The molecule has 2 N–H and O–H groups in total. The summed E-state index contributed by atoms with van der Waals surface area (Å²) in [4.78, 5) is 3.93. The van der Waals surface area contributed by atoms with E-state index in [1.807, 2.05) is 0 Å². The summed E-state index contributed by atoms with van der Waals surface area (Å²) in [6.07, 6.45) is 3.20. The first-order valence-electron chi connectivity index (χ1n) is 4.96. The zero-order valence-corrected chi connectivity index (χ0v) is 9.62. The molecule has 1 aromatic carbocycles. The van der Waals surface area contributed by atoms with Crippen LogP contribution in [0.15, 0.2) is 36.7 Å². The molecule has 0 radical (unpaired) electrons. The molecule has 2 aromatic rings. The van der Waals surface area contributed by atoms with Gasteiger partial charge in [-0.05, 0) is 18.2 Å². The lowest BCUT2D eigenvalue weighted by atomic mass is 10.2. The SMILES string of the molecule is NCc1cnccc1Oc1ccc(Cl)c(F)c1. The van der Waals surface area contributed by atoms with Gasteiger partial charge in [0.15, 0.2) is 0 Å². The average Bonchev–Trinajstić information content (AvgIpc) is 2.34. The van der Waals surface area contributed by atoms with Crippen molar-refractivity contribution < 1.29 is 9.13 Å². The van der Waals surface area contributed by atoms with Gasteiger partial charge < -0.3 is 10.5 Å². The van der Waals surface area contributed by atoms with E-state index in [9.17, 15) is 4.39 Å². The van der Waals surface area contributed by atoms with E-state index in [2.05, 4.69) is 4.98 Å². The Hall–Kier alpha value is -1.65.